The van der Waals surface area contributed by atoms with Gasteiger partial charge >= 0.3 is 0 Å². The van der Waals surface area contributed by atoms with Gasteiger partial charge in [-0.05, 0) is 30.5 Å². The predicted molar refractivity (Wildman–Crippen MR) is 129 cm³/mol. The molecule has 1 aliphatic rings. The third-order valence-electron chi connectivity index (χ3n) is 5.45. The molecule has 1 saturated carbocycles. The van der Waals surface area contributed by atoms with Gasteiger partial charge in [-0.1, -0.05) is 19.1 Å². The summed E-state index contributed by atoms with van der Waals surface area (Å²) in [6.07, 6.45) is 7.58. The van der Waals surface area contributed by atoms with Crippen LogP contribution in [0.5, 0.6) is 5.75 Å². The smallest absolute Gasteiger partial charge is 0.262 e. The second kappa shape index (κ2) is 9.54. The average molecular weight is 457 g/mol. The molecule has 1 fully saturated rings. The minimum atomic E-state index is 0.0535. The number of pyridine rings is 1. The van der Waals surface area contributed by atoms with Crippen LogP contribution in [0.1, 0.15) is 37.2 Å². The van der Waals surface area contributed by atoms with E-state index in [1.165, 1.54) is 6.20 Å². The molecule has 4 N–H and O–H groups in total. The summed E-state index contributed by atoms with van der Waals surface area (Å²) in [6, 6.07) is 9.81. The van der Waals surface area contributed by atoms with Gasteiger partial charge in [0.1, 0.15) is 29.0 Å². The number of nitrogens with two attached hydrogens (primary N) is 2. The Labute approximate surface area is 195 Å². The lowest BCUT2D eigenvalue weighted by Gasteiger charge is -2.14. The van der Waals surface area contributed by atoms with Crippen LogP contribution in [-0.2, 0) is 6.42 Å². The number of nitriles is 1. The van der Waals surface area contributed by atoms with E-state index in [-0.39, 0.29) is 22.9 Å². The van der Waals surface area contributed by atoms with Crippen LogP contribution < -0.4 is 21.8 Å². The number of nitrogen functional groups attached to an aromatic ring is 2. The number of methoxy groups -OCH3 is 1. The number of anilines is 2. The molecule has 0 unspecified atom stereocenters. The van der Waals surface area contributed by atoms with Crippen molar-refractivity contribution < 1.29 is 4.74 Å². The third-order valence-corrected chi connectivity index (χ3v) is 5.45. The molecule has 3 aromatic heterocycles. The van der Waals surface area contributed by atoms with Crippen LogP contribution in [0.15, 0.2) is 47.7 Å². The minimum absolute atomic E-state index is 0.0535. The summed E-state index contributed by atoms with van der Waals surface area (Å²) >= 11 is 0. The molecule has 4 aromatic rings. The van der Waals surface area contributed by atoms with E-state index in [0.717, 1.165) is 41.7 Å². The van der Waals surface area contributed by atoms with Crippen molar-refractivity contribution in [1.29, 1.82) is 5.26 Å². The van der Waals surface area contributed by atoms with Crippen LogP contribution in [0, 0.1) is 11.3 Å². The number of aryl methyl sites for hydroxylation is 1. The number of aromatic nitrogens is 5. The summed E-state index contributed by atoms with van der Waals surface area (Å²) in [5.74, 6) is 1.74. The molecule has 1 aromatic carbocycles. The Kier molecular flexibility index (Phi) is 6.36. The topological polar surface area (TPSA) is 159 Å². The summed E-state index contributed by atoms with van der Waals surface area (Å²) in [5, 5.41) is 9.02. The Morgan fingerprint density at radius 1 is 1.21 bits per heavy atom. The van der Waals surface area contributed by atoms with Crippen molar-refractivity contribution in [3.05, 3.63) is 64.6 Å². The number of benzene rings is 1. The van der Waals surface area contributed by atoms with Crippen molar-refractivity contribution in [3.8, 4) is 22.9 Å². The van der Waals surface area contributed by atoms with Crippen molar-refractivity contribution in [3.63, 3.8) is 0 Å². The zero-order valence-electron chi connectivity index (χ0n) is 18.9. The molecule has 1 aliphatic carbocycles. The van der Waals surface area contributed by atoms with E-state index in [1.807, 2.05) is 41.8 Å². The number of rotatable bonds is 4. The minimum Gasteiger partial charge on any atom is -0.495 e. The Morgan fingerprint density at radius 2 is 2.00 bits per heavy atom. The summed E-state index contributed by atoms with van der Waals surface area (Å²) in [4.78, 5) is 29.3. The SMILES string of the molecule is CCc1nc2cccc(-c3cncc(OC)c3)c2c(=O)n1C1CC1.N#Cc1cnc(N)nc1N. The van der Waals surface area contributed by atoms with Gasteiger partial charge in [0.15, 0.2) is 0 Å². The molecule has 0 saturated heterocycles. The first-order valence-corrected chi connectivity index (χ1v) is 10.8. The number of hydrogen-bond acceptors (Lipinski definition) is 9. The maximum absolute atomic E-state index is 13.2. The molecular formula is C24H24N8O2. The van der Waals surface area contributed by atoms with Gasteiger partial charge in [0.05, 0.1) is 30.4 Å². The third kappa shape index (κ3) is 4.49. The average Bonchev–Trinajstić information content (AvgIpc) is 3.69. The summed E-state index contributed by atoms with van der Waals surface area (Å²) < 4.78 is 7.15. The van der Waals surface area contributed by atoms with Crippen LogP contribution >= 0.6 is 0 Å². The summed E-state index contributed by atoms with van der Waals surface area (Å²) in [7, 11) is 1.61. The maximum Gasteiger partial charge on any atom is 0.262 e. The Balaban J connectivity index is 0.000000231. The van der Waals surface area contributed by atoms with E-state index in [1.54, 1.807) is 19.5 Å². The fourth-order valence-electron chi connectivity index (χ4n) is 3.66. The van der Waals surface area contributed by atoms with Gasteiger partial charge in [-0.25, -0.2) is 9.97 Å². The van der Waals surface area contributed by atoms with Gasteiger partial charge in [-0.3, -0.25) is 14.3 Å². The fourth-order valence-corrected chi connectivity index (χ4v) is 3.66. The Bertz CT molecular complexity index is 1450. The summed E-state index contributed by atoms with van der Waals surface area (Å²) in [5.41, 5.74) is 13.2. The molecule has 172 valence electrons. The molecule has 10 nitrogen and oxygen atoms in total. The lowest BCUT2D eigenvalue weighted by molar-refractivity contribution is 0.413. The Morgan fingerprint density at radius 3 is 2.65 bits per heavy atom. The van der Waals surface area contributed by atoms with Gasteiger partial charge in [0, 0.05) is 24.2 Å². The normalized spacial score (nSPS) is 12.5. The number of ether oxygens (including phenoxy) is 1. The van der Waals surface area contributed by atoms with Crippen molar-refractivity contribution in [1.82, 2.24) is 24.5 Å². The highest BCUT2D eigenvalue weighted by atomic mass is 16.5. The maximum atomic E-state index is 13.2. The lowest BCUT2D eigenvalue weighted by atomic mass is 10.0. The van der Waals surface area contributed by atoms with E-state index < -0.39 is 0 Å². The highest BCUT2D eigenvalue weighted by molar-refractivity contribution is 5.94. The summed E-state index contributed by atoms with van der Waals surface area (Å²) in [6.45, 7) is 2.04. The van der Waals surface area contributed by atoms with Crippen molar-refractivity contribution >= 4 is 22.7 Å². The van der Waals surface area contributed by atoms with Crippen LogP contribution in [0.2, 0.25) is 0 Å². The second-order valence-electron chi connectivity index (χ2n) is 7.74. The van der Waals surface area contributed by atoms with E-state index >= 15 is 0 Å². The van der Waals surface area contributed by atoms with Crippen LogP contribution in [-0.4, -0.2) is 31.6 Å². The first kappa shape index (κ1) is 22.7. The van der Waals surface area contributed by atoms with Gasteiger partial charge in [0.2, 0.25) is 5.95 Å². The van der Waals surface area contributed by atoms with Crippen molar-refractivity contribution in [2.45, 2.75) is 32.2 Å². The molecular weight excluding hydrogens is 432 g/mol. The standard InChI is InChI=1S/C19H19N3O2.C5H5N5/c1-3-17-21-16-6-4-5-15(12-9-14(24-2)11-20-10-12)18(16)19(23)22(17)13-7-8-13;6-1-3-2-9-5(8)10-4(3)7/h4-6,9-11,13H,3,7-8H2,1-2H3;2H,(H4,7,8,9,10). The van der Waals surface area contributed by atoms with Gasteiger partial charge < -0.3 is 16.2 Å². The molecule has 3 heterocycles. The first-order chi connectivity index (χ1) is 16.5. The van der Waals surface area contributed by atoms with Gasteiger partial charge in [-0.15, -0.1) is 0 Å². The van der Waals surface area contributed by atoms with Crippen molar-refractivity contribution in [2.75, 3.05) is 18.6 Å². The highest BCUT2D eigenvalue weighted by Gasteiger charge is 2.28. The van der Waals surface area contributed by atoms with Crippen LogP contribution in [0.4, 0.5) is 11.8 Å². The fraction of sp³-hybridized carbons (Fsp3) is 0.250. The monoisotopic (exact) mass is 456 g/mol. The number of nitrogens with zero attached hydrogens (tertiary/aromatic N) is 6. The molecule has 10 heteroatoms. The van der Waals surface area contributed by atoms with Gasteiger partial charge in [-0.2, -0.15) is 10.2 Å². The van der Waals surface area contributed by atoms with E-state index in [9.17, 15) is 4.79 Å². The van der Waals surface area contributed by atoms with Crippen LogP contribution in [0.25, 0.3) is 22.0 Å². The molecule has 0 spiro atoms. The second-order valence-corrected chi connectivity index (χ2v) is 7.74. The molecule has 0 aliphatic heterocycles. The van der Waals surface area contributed by atoms with Gasteiger partial charge in [0.25, 0.3) is 5.56 Å². The molecule has 5 rings (SSSR count). The van der Waals surface area contributed by atoms with E-state index in [2.05, 4.69) is 15.0 Å². The Hall–Kier alpha value is -4.52. The zero-order valence-corrected chi connectivity index (χ0v) is 18.9. The molecule has 0 atom stereocenters. The number of hydrogen-bond donors (Lipinski definition) is 2. The van der Waals surface area contributed by atoms with E-state index in [4.69, 9.17) is 26.5 Å². The first-order valence-electron chi connectivity index (χ1n) is 10.8. The number of fused-ring (bicyclic) bond motifs is 1. The zero-order chi connectivity index (χ0) is 24.2. The van der Waals surface area contributed by atoms with Crippen molar-refractivity contribution in [2.24, 2.45) is 0 Å². The van der Waals surface area contributed by atoms with E-state index in [0.29, 0.717) is 17.2 Å². The molecule has 0 radical (unpaired) electrons. The predicted octanol–water partition coefficient (Wildman–Crippen LogP) is 2.88. The lowest BCUT2D eigenvalue weighted by Crippen LogP contribution is -2.24. The molecule has 0 amide bonds. The van der Waals surface area contributed by atoms with Crippen LogP contribution in [0.3, 0.4) is 0 Å². The largest absolute Gasteiger partial charge is 0.495 e. The quantitative estimate of drug-likeness (QED) is 0.471. The molecule has 0 bridgehead atoms. The highest BCUT2D eigenvalue weighted by Crippen LogP contribution is 2.36. The molecule has 34 heavy (non-hydrogen) atoms.